The first-order valence-electron chi connectivity index (χ1n) is 7.61. The van der Waals surface area contributed by atoms with Gasteiger partial charge >= 0.3 is 12.4 Å². The summed E-state index contributed by atoms with van der Waals surface area (Å²) in [6.07, 6.45) is -9.73. The van der Waals surface area contributed by atoms with Gasteiger partial charge < -0.3 is 14.8 Å². The topological polar surface area (TPSA) is 71.6 Å². The summed E-state index contributed by atoms with van der Waals surface area (Å²) in [4.78, 5) is 12.2. The average Bonchev–Trinajstić information content (AvgIpc) is 2.60. The third-order valence-corrected chi connectivity index (χ3v) is 3.53. The van der Waals surface area contributed by atoms with E-state index in [1.54, 1.807) is 0 Å². The van der Waals surface area contributed by atoms with Gasteiger partial charge in [-0.2, -0.15) is 26.3 Å². The van der Waals surface area contributed by atoms with Gasteiger partial charge in [0.25, 0.3) is 5.91 Å². The van der Waals surface area contributed by atoms with Crippen molar-refractivity contribution in [1.82, 2.24) is 16.2 Å². The minimum Gasteiger partial charge on any atom is -0.496 e. The maximum atomic E-state index is 13.3. The predicted octanol–water partition coefficient (Wildman–Crippen LogP) is 2.88. The molecule has 0 unspecified atom stereocenters. The Bertz CT molecular complexity index is 709. The van der Waals surface area contributed by atoms with E-state index in [4.69, 9.17) is 17.0 Å². The summed E-state index contributed by atoms with van der Waals surface area (Å²) in [7, 11) is 2.34. The summed E-state index contributed by atoms with van der Waals surface area (Å²) in [5.74, 6) is -2.26. The van der Waals surface area contributed by atoms with Crippen LogP contribution in [0.5, 0.6) is 5.75 Å². The second-order valence-electron chi connectivity index (χ2n) is 5.28. The molecule has 0 aliphatic carbocycles. The number of carbonyl (C=O) groups excluding carboxylic acids is 1. The molecule has 0 fully saturated rings. The van der Waals surface area contributed by atoms with Crippen molar-refractivity contribution in [1.29, 1.82) is 0 Å². The Morgan fingerprint density at radius 2 is 1.71 bits per heavy atom. The highest BCUT2D eigenvalue weighted by molar-refractivity contribution is 7.80. The van der Waals surface area contributed by atoms with Gasteiger partial charge in [-0.3, -0.25) is 15.6 Å². The summed E-state index contributed by atoms with van der Waals surface area (Å²) in [5.41, 5.74) is -0.440. The van der Waals surface area contributed by atoms with Crippen molar-refractivity contribution < 1.29 is 40.6 Å². The number of benzene rings is 1. The Kier molecular flexibility index (Phi) is 8.29. The minimum atomic E-state index is -5.24. The smallest absolute Gasteiger partial charge is 0.417 e. The number of carbonyl (C=O) groups is 1. The fraction of sp³-hybridized carbons (Fsp3) is 0.467. The first-order valence-corrected chi connectivity index (χ1v) is 8.02. The zero-order valence-corrected chi connectivity index (χ0v) is 15.5. The molecule has 0 aliphatic heterocycles. The molecule has 0 heterocycles. The molecule has 13 heteroatoms. The number of hydrogen-bond donors (Lipinski definition) is 3. The van der Waals surface area contributed by atoms with Crippen molar-refractivity contribution in [3.8, 4) is 5.75 Å². The molecule has 28 heavy (non-hydrogen) atoms. The number of hydrazine groups is 1. The van der Waals surface area contributed by atoms with Crippen molar-refractivity contribution in [2.24, 2.45) is 0 Å². The molecule has 1 aromatic carbocycles. The van der Waals surface area contributed by atoms with Gasteiger partial charge in [-0.1, -0.05) is 0 Å². The van der Waals surface area contributed by atoms with Crippen LogP contribution in [0.1, 0.15) is 27.9 Å². The van der Waals surface area contributed by atoms with Gasteiger partial charge in [0.15, 0.2) is 5.11 Å². The minimum absolute atomic E-state index is 0.108. The quantitative estimate of drug-likeness (QED) is 0.277. The maximum Gasteiger partial charge on any atom is 0.417 e. The van der Waals surface area contributed by atoms with Crippen molar-refractivity contribution >= 4 is 23.2 Å². The van der Waals surface area contributed by atoms with Crippen LogP contribution in [0.2, 0.25) is 0 Å². The Balaban J connectivity index is 3.07. The number of amides is 1. The number of thiocarbonyl (C=S) groups is 1. The van der Waals surface area contributed by atoms with Gasteiger partial charge in [0.2, 0.25) is 0 Å². The highest BCUT2D eigenvalue weighted by Crippen LogP contribution is 2.41. The van der Waals surface area contributed by atoms with E-state index in [9.17, 15) is 31.1 Å². The summed E-state index contributed by atoms with van der Waals surface area (Å²) in [5, 5.41) is 2.54. The van der Waals surface area contributed by atoms with Gasteiger partial charge in [0.1, 0.15) is 5.75 Å². The number of ether oxygens (including phenoxy) is 2. The van der Waals surface area contributed by atoms with Crippen LogP contribution in [-0.2, 0) is 17.1 Å². The fourth-order valence-electron chi connectivity index (χ4n) is 2.04. The lowest BCUT2D eigenvalue weighted by Gasteiger charge is -2.19. The SMILES string of the molecule is COCCCNC(=S)NNC(=O)c1c(OC)cc(C(F)(F)F)cc1C(F)(F)F. The molecule has 1 aromatic rings. The van der Waals surface area contributed by atoms with E-state index in [0.717, 1.165) is 7.11 Å². The van der Waals surface area contributed by atoms with E-state index in [2.05, 4.69) is 15.5 Å². The maximum absolute atomic E-state index is 13.3. The lowest BCUT2D eigenvalue weighted by Crippen LogP contribution is -2.47. The zero-order valence-electron chi connectivity index (χ0n) is 14.7. The van der Waals surface area contributed by atoms with Gasteiger partial charge in [-0.15, -0.1) is 0 Å². The van der Waals surface area contributed by atoms with Crippen molar-refractivity contribution in [2.75, 3.05) is 27.4 Å². The number of nitrogens with one attached hydrogen (secondary N) is 3. The molecule has 0 saturated heterocycles. The summed E-state index contributed by atoms with van der Waals surface area (Å²) < 4.78 is 87.8. The number of methoxy groups -OCH3 is 2. The standard InChI is InChI=1S/C15H17F6N3O3S/c1-26-5-3-4-22-13(28)24-23-12(25)11-9(15(19,20)21)6-8(14(16,17)18)7-10(11)27-2/h6-7H,3-5H2,1-2H3,(H,23,25)(H2,22,24,28). The lowest BCUT2D eigenvalue weighted by atomic mass is 10.0. The summed E-state index contributed by atoms with van der Waals surface area (Å²) >= 11 is 4.83. The molecule has 158 valence electrons. The van der Waals surface area contributed by atoms with E-state index >= 15 is 0 Å². The molecule has 0 spiro atoms. The van der Waals surface area contributed by atoms with Crippen molar-refractivity contribution in [3.63, 3.8) is 0 Å². The molecular weight excluding hydrogens is 416 g/mol. The molecule has 0 aromatic heterocycles. The Hall–Kier alpha value is -2.28. The molecule has 0 saturated carbocycles. The second kappa shape index (κ2) is 9.78. The Morgan fingerprint density at radius 3 is 2.21 bits per heavy atom. The van der Waals surface area contributed by atoms with E-state index in [0.29, 0.717) is 25.6 Å². The van der Waals surface area contributed by atoms with E-state index < -0.39 is 40.7 Å². The zero-order chi connectivity index (χ0) is 21.5. The normalized spacial score (nSPS) is 11.7. The molecule has 1 amide bonds. The molecule has 0 radical (unpaired) electrons. The number of hydrogen-bond acceptors (Lipinski definition) is 4. The number of rotatable bonds is 6. The molecule has 0 aliphatic rings. The van der Waals surface area contributed by atoms with Crippen LogP contribution < -0.4 is 20.9 Å². The number of halogens is 6. The van der Waals surface area contributed by atoms with E-state index in [1.807, 2.05) is 5.43 Å². The summed E-state index contributed by atoms with van der Waals surface area (Å²) in [6, 6.07) is 0.157. The van der Waals surface area contributed by atoms with Crippen LogP contribution in [0.4, 0.5) is 26.3 Å². The highest BCUT2D eigenvalue weighted by atomic mass is 32.1. The first-order chi connectivity index (χ1) is 12.9. The molecule has 6 nitrogen and oxygen atoms in total. The van der Waals surface area contributed by atoms with Gasteiger partial charge in [0, 0.05) is 20.3 Å². The van der Waals surface area contributed by atoms with Crippen LogP contribution in [0.15, 0.2) is 12.1 Å². The van der Waals surface area contributed by atoms with E-state index in [1.165, 1.54) is 7.11 Å². The molecule has 3 N–H and O–H groups in total. The molecular formula is C15H17F6N3O3S. The average molecular weight is 433 g/mol. The first kappa shape index (κ1) is 23.8. The van der Waals surface area contributed by atoms with Crippen LogP contribution in [-0.4, -0.2) is 38.4 Å². The molecule has 0 atom stereocenters. The Labute approximate surface area is 161 Å². The van der Waals surface area contributed by atoms with Crippen LogP contribution in [0.25, 0.3) is 0 Å². The van der Waals surface area contributed by atoms with Crippen LogP contribution >= 0.6 is 12.2 Å². The van der Waals surface area contributed by atoms with Gasteiger partial charge in [-0.05, 0) is 30.8 Å². The molecule has 1 rings (SSSR count). The van der Waals surface area contributed by atoms with Crippen LogP contribution in [0.3, 0.4) is 0 Å². The molecule has 0 bridgehead atoms. The lowest BCUT2D eigenvalue weighted by molar-refractivity contribution is -0.143. The van der Waals surface area contributed by atoms with Crippen molar-refractivity contribution in [2.45, 2.75) is 18.8 Å². The summed E-state index contributed by atoms with van der Waals surface area (Å²) in [6.45, 7) is 0.784. The van der Waals surface area contributed by atoms with Crippen LogP contribution in [0, 0.1) is 0 Å². The predicted molar refractivity (Wildman–Crippen MR) is 90.7 cm³/mol. The largest absolute Gasteiger partial charge is 0.496 e. The third kappa shape index (κ3) is 6.71. The van der Waals surface area contributed by atoms with Gasteiger partial charge in [0.05, 0.1) is 23.8 Å². The van der Waals surface area contributed by atoms with Gasteiger partial charge in [-0.25, -0.2) is 0 Å². The highest BCUT2D eigenvalue weighted by Gasteiger charge is 2.41. The third-order valence-electron chi connectivity index (χ3n) is 3.28. The Morgan fingerprint density at radius 1 is 1.07 bits per heavy atom. The fourth-order valence-corrected chi connectivity index (χ4v) is 2.19. The van der Waals surface area contributed by atoms with Crippen molar-refractivity contribution in [3.05, 3.63) is 28.8 Å². The number of alkyl halides is 6. The second-order valence-corrected chi connectivity index (χ2v) is 5.69. The monoisotopic (exact) mass is 433 g/mol. The van der Waals surface area contributed by atoms with E-state index in [-0.39, 0.29) is 11.2 Å².